The van der Waals surface area contributed by atoms with E-state index in [1.807, 2.05) is 0 Å². The summed E-state index contributed by atoms with van der Waals surface area (Å²) in [6.45, 7) is 4.39. The Balaban J connectivity index is 1.64. The summed E-state index contributed by atoms with van der Waals surface area (Å²) < 4.78 is 38.4. The molecule has 0 N–H and O–H groups in total. The molecule has 0 saturated carbocycles. The summed E-state index contributed by atoms with van der Waals surface area (Å²) in [6.07, 6.45) is 4.88. The minimum atomic E-state index is -3.90. The Labute approximate surface area is 162 Å². The first kappa shape index (κ1) is 20.1. The van der Waals surface area contributed by atoms with Crippen molar-refractivity contribution in [3.05, 3.63) is 36.6 Å². The predicted octanol–water partition coefficient (Wildman–Crippen LogP) is 0.747. The van der Waals surface area contributed by atoms with Crippen molar-refractivity contribution in [3.63, 3.8) is 0 Å². The minimum absolute atomic E-state index is 0.0994. The number of aromatic nitrogens is 2. The summed E-state index contributed by atoms with van der Waals surface area (Å²) in [6, 6.07) is 2.10. The number of furan rings is 1. The molecule has 28 heavy (non-hydrogen) atoms. The van der Waals surface area contributed by atoms with Gasteiger partial charge in [0.1, 0.15) is 6.04 Å². The van der Waals surface area contributed by atoms with Gasteiger partial charge in [-0.05, 0) is 26.0 Å². The first-order chi connectivity index (χ1) is 13.3. The lowest BCUT2D eigenvalue weighted by Gasteiger charge is -2.34. The monoisotopic (exact) mass is 410 g/mol. The average Bonchev–Trinajstić information content (AvgIpc) is 3.39. The van der Waals surface area contributed by atoms with Crippen LogP contribution in [0.1, 0.15) is 30.4 Å². The second-order valence-electron chi connectivity index (χ2n) is 6.25. The normalized spacial score (nSPS) is 16.7. The highest BCUT2D eigenvalue weighted by Gasteiger charge is 2.34. The zero-order valence-corrected chi connectivity index (χ0v) is 16.5. The highest BCUT2D eigenvalue weighted by Crippen LogP contribution is 2.21. The van der Waals surface area contributed by atoms with E-state index in [1.54, 1.807) is 42.0 Å². The number of amides is 1. The summed E-state index contributed by atoms with van der Waals surface area (Å²) >= 11 is 0. The van der Waals surface area contributed by atoms with Crippen molar-refractivity contribution in [1.29, 1.82) is 0 Å². The molecule has 0 bridgehead atoms. The minimum Gasteiger partial charge on any atom is -0.460 e. The fraction of sp³-hybridized carbons (Fsp3) is 0.471. The van der Waals surface area contributed by atoms with Crippen LogP contribution in [-0.2, 0) is 19.6 Å². The van der Waals surface area contributed by atoms with Gasteiger partial charge in [-0.3, -0.25) is 4.79 Å². The molecule has 1 saturated heterocycles. The van der Waals surface area contributed by atoms with Gasteiger partial charge in [0, 0.05) is 38.6 Å². The van der Waals surface area contributed by atoms with Gasteiger partial charge in [0.2, 0.25) is 16.8 Å². The van der Waals surface area contributed by atoms with Crippen molar-refractivity contribution in [2.45, 2.75) is 25.0 Å². The lowest BCUT2D eigenvalue weighted by molar-refractivity contribution is -0.135. The maximum Gasteiger partial charge on any atom is 0.374 e. The zero-order chi connectivity index (χ0) is 20.3. The molecule has 1 aliphatic rings. The van der Waals surface area contributed by atoms with Gasteiger partial charge >= 0.3 is 5.97 Å². The fourth-order valence-corrected chi connectivity index (χ4v) is 4.27. The number of hydrogen-bond acceptors (Lipinski definition) is 7. The summed E-state index contributed by atoms with van der Waals surface area (Å²) in [4.78, 5) is 29.8. The van der Waals surface area contributed by atoms with Crippen LogP contribution in [0.15, 0.2) is 40.4 Å². The van der Waals surface area contributed by atoms with Gasteiger partial charge in [-0.15, -0.1) is 0 Å². The summed E-state index contributed by atoms with van der Waals surface area (Å²) in [5.74, 6) is -0.978. The maximum absolute atomic E-state index is 12.7. The molecule has 1 fully saturated rings. The van der Waals surface area contributed by atoms with Crippen LogP contribution in [0.5, 0.6) is 0 Å². The summed E-state index contributed by atoms with van der Waals surface area (Å²) in [7, 11) is -3.90. The molecule has 0 radical (unpaired) electrons. The molecule has 1 unspecified atom stereocenters. The Morgan fingerprint density at radius 1 is 1.25 bits per heavy atom. The molecule has 152 valence electrons. The van der Waals surface area contributed by atoms with Gasteiger partial charge in [-0.1, -0.05) is 0 Å². The number of hydrogen-bond donors (Lipinski definition) is 0. The predicted molar refractivity (Wildman–Crippen MR) is 96.9 cm³/mol. The largest absolute Gasteiger partial charge is 0.460 e. The average molecular weight is 410 g/mol. The fourth-order valence-electron chi connectivity index (χ4n) is 2.94. The van der Waals surface area contributed by atoms with Gasteiger partial charge < -0.3 is 18.6 Å². The van der Waals surface area contributed by atoms with Crippen LogP contribution in [0, 0.1) is 0 Å². The van der Waals surface area contributed by atoms with Crippen molar-refractivity contribution >= 4 is 21.9 Å². The van der Waals surface area contributed by atoms with Gasteiger partial charge in [-0.2, -0.15) is 4.31 Å². The van der Waals surface area contributed by atoms with Crippen LogP contribution in [0.3, 0.4) is 0 Å². The van der Waals surface area contributed by atoms with Crippen LogP contribution in [0.2, 0.25) is 0 Å². The molecular weight excluding hydrogens is 388 g/mol. The number of esters is 1. The number of imidazole rings is 1. The molecule has 10 nitrogen and oxygen atoms in total. The lowest BCUT2D eigenvalue weighted by atomic mass is 10.2. The molecule has 0 aliphatic carbocycles. The molecule has 2 aromatic heterocycles. The Kier molecular flexibility index (Phi) is 5.84. The number of sulfonamides is 1. The van der Waals surface area contributed by atoms with E-state index in [4.69, 9.17) is 9.15 Å². The number of carbonyl (C=O) groups is 2. The topological polar surface area (TPSA) is 115 Å². The van der Waals surface area contributed by atoms with Crippen molar-refractivity contribution in [2.24, 2.45) is 0 Å². The SMILES string of the molecule is CCOC(=O)c1ccc(S(=O)(=O)N2CCN(C(=O)C(C)n3ccnc3)CC2)o1. The molecule has 1 amide bonds. The Morgan fingerprint density at radius 3 is 2.57 bits per heavy atom. The van der Waals surface area contributed by atoms with Crippen LogP contribution in [0.25, 0.3) is 0 Å². The standard InChI is InChI=1S/C17H22N4O6S/c1-3-26-17(23)14-4-5-15(27-14)28(24,25)21-10-8-19(9-11-21)16(22)13(2)20-7-6-18-12-20/h4-7,12-13H,3,8-11H2,1-2H3. The molecule has 3 heterocycles. The van der Waals surface area contributed by atoms with E-state index in [2.05, 4.69) is 4.98 Å². The molecule has 2 aromatic rings. The molecule has 11 heteroatoms. The summed E-state index contributed by atoms with van der Waals surface area (Å²) in [5, 5.41) is -0.317. The van der Waals surface area contributed by atoms with E-state index in [0.29, 0.717) is 0 Å². The van der Waals surface area contributed by atoms with Crippen molar-refractivity contribution in [1.82, 2.24) is 18.8 Å². The Bertz CT molecular complexity index is 929. The first-order valence-corrected chi connectivity index (χ1v) is 10.3. The molecule has 1 aliphatic heterocycles. The molecule has 1 atom stereocenters. The van der Waals surface area contributed by atoms with E-state index in [9.17, 15) is 18.0 Å². The van der Waals surface area contributed by atoms with Crippen LogP contribution < -0.4 is 0 Å². The molecular formula is C17H22N4O6S. The third-order valence-electron chi connectivity index (χ3n) is 4.53. The number of piperazine rings is 1. The van der Waals surface area contributed by atoms with Crippen molar-refractivity contribution in [2.75, 3.05) is 32.8 Å². The lowest BCUT2D eigenvalue weighted by Crippen LogP contribution is -2.51. The van der Waals surface area contributed by atoms with Crippen LogP contribution >= 0.6 is 0 Å². The van der Waals surface area contributed by atoms with Gasteiger partial charge in [0.05, 0.1) is 12.9 Å². The number of carbonyl (C=O) groups excluding carboxylic acids is 2. The second-order valence-corrected chi connectivity index (χ2v) is 8.12. The quantitative estimate of drug-likeness (QED) is 0.645. The van der Waals surface area contributed by atoms with Gasteiger partial charge in [-0.25, -0.2) is 18.2 Å². The van der Waals surface area contributed by atoms with Gasteiger partial charge in [0.25, 0.3) is 10.0 Å². The van der Waals surface area contributed by atoms with E-state index in [0.717, 1.165) is 0 Å². The van der Waals surface area contributed by atoms with E-state index >= 15 is 0 Å². The highest BCUT2D eigenvalue weighted by atomic mass is 32.2. The number of nitrogens with zero attached hydrogens (tertiary/aromatic N) is 4. The Morgan fingerprint density at radius 2 is 1.96 bits per heavy atom. The highest BCUT2D eigenvalue weighted by molar-refractivity contribution is 7.89. The third kappa shape index (κ3) is 3.94. The summed E-state index contributed by atoms with van der Waals surface area (Å²) in [5.41, 5.74) is 0. The van der Waals surface area contributed by atoms with E-state index in [-0.39, 0.29) is 49.5 Å². The number of ether oxygens (including phenoxy) is 1. The van der Waals surface area contributed by atoms with Crippen LogP contribution in [0.4, 0.5) is 0 Å². The Hall–Kier alpha value is -2.66. The molecule has 3 rings (SSSR count). The van der Waals surface area contributed by atoms with Crippen molar-refractivity contribution < 1.29 is 27.2 Å². The van der Waals surface area contributed by atoms with E-state index < -0.39 is 22.0 Å². The van der Waals surface area contributed by atoms with E-state index in [1.165, 1.54) is 16.4 Å². The smallest absolute Gasteiger partial charge is 0.374 e. The maximum atomic E-state index is 12.7. The van der Waals surface area contributed by atoms with Crippen LogP contribution in [-0.4, -0.2) is 71.8 Å². The first-order valence-electron chi connectivity index (χ1n) is 8.88. The zero-order valence-electron chi connectivity index (χ0n) is 15.6. The van der Waals surface area contributed by atoms with Gasteiger partial charge in [0.15, 0.2) is 0 Å². The second kappa shape index (κ2) is 8.15. The molecule has 0 aromatic carbocycles. The third-order valence-corrected chi connectivity index (χ3v) is 6.30. The molecule has 0 spiro atoms. The number of rotatable bonds is 6. The van der Waals surface area contributed by atoms with Crippen molar-refractivity contribution in [3.8, 4) is 0 Å².